The average Bonchev–Trinajstić information content (AvgIpc) is 2.10. The van der Waals surface area contributed by atoms with Crippen molar-refractivity contribution < 1.29 is 4.74 Å². The van der Waals surface area contributed by atoms with Crippen LogP contribution in [0.1, 0.15) is 34.6 Å². The van der Waals surface area contributed by atoms with E-state index in [1.54, 1.807) is 7.11 Å². The van der Waals surface area contributed by atoms with Gasteiger partial charge in [-0.25, -0.2) is 0 Å². The molecule has 0 heterocycles. The maximum absolute atomic E-state index is 5.08. The number of hydrogen-bond acceptors (Lipinski definition) is 3. The quantitative estimate of drug-likeness (QED) is 0.724. The topological polar surface area (TPSA) is 24.5 Å². The molecule has 0 amide bonds. The van der Waals surface area contributed by atoms with Gasteiger partial charge in [0.2, 0.25) is 0 Å². The second kappa shape index (κ2) is 6.58. The normalized spacial score (nSPS) is 13.5. The first-order valence-electron chi connectivity index (χ1n) is 6.09. The molecule has 3 nitrogen and oxygen atoms in total. The summed E-state index contributed by atoms with van der Waals surface area (Å²) in [4.78, 5) is 2.33. The Morgan fingerprint density at radius 1 is 1.12 bits per heavy atom. The smallest absolute Gasteiger partial charge is 0.0589 e. The zero-order valence-corrected chi connectivity index (χ0v) is 12.2. The number of rotatable bonds is 7. The monoisotopic (exact) mass is 230 g/mol. The molecule has 0 saturated carbocycles. The van der Waals surface area contributed by atoms with E-state index in [4.69, 9.17) is 4.74 Å². The third-order valence-corrected chi connectivity index (χ3v) is 2.47. The van der Waals surface area contributed by atoms with Gasteiger partial charge in [0.05, 0.1) is 6.61 Å². The molecule has 0 spiro atoms. The van der Waals surface area contributed by atoms with Gasteiger partial charge in [0.25, 0.3) is 0 Å². The van der Waals surface area contributed by atoms with Gasteiger partial charge in [-0.2, -0.15) is 0 Å². The SMILES string of the molecule is COCCN(C)CC(C)(C)CNC(C)(C)C. The standard InChI is InChI=1S/C13H30N2O/c1-12(2,3)14-10-13(4,5)11-15(6)8-9-16-7/h14H,8-11H2,1-7H3. The highest BCUT2D eigenvalue weighted by molar-refractivity contribution is 4.80. The molecule has 0 atom stereocenters. The summed E-state index contributed by atoms with van der Waals surface area (Å²) in [5, 5.41) is 3.57. The molecule has 0 saturated heterocycles. The fourth-order valence-corrected chi connectivity index (χ4v) is 1.62. The first-order chi connectivity index (χ1) is 7.16. The van der Waals surface area contributed by atoms with E-state index in [0.29, 0.717) is 0 Å². The van der Waals surface area contributed by atoms with E-state index in [2.05, 4.69) is 51.9 Å². The van der Waals surface area contributed by atoms with Crippen LogP contribution in [0.15, 0.2) is 0 Å². The number of ether oxygens (including phenoxy) is 1. The maximum atomic E-state index is 5.08. The highest BCUT2D eigenvalue weighted by Crippen LogP contribution is 2.16. The van der Waals surface area contributed by atoms with Crippen molar-refractivity contribution in [1.82, 2.24) is 10.2 Å². The molecule has 0 rings (SSSR count). The van der Waals surface area contributed by atoms with E-state index in [-0.39, 0.29) is 11.0 Å². The van der Waals surface area contributed by atoms with Gasteiger partial charge in [-0.05, 0) is 33.2 Å². The van der Waals surface area contributed by atoms with Crippen LogP contribution in [0, 0.1) is 5.41 Å². The van der Waals surface area contributed by atoms with E-state index in [0.717, 1.165) is 26.2 Å². The van der Waals surface area contributed by atoms with Crippen LogP contribution in [0.2, 0.25) is 0 Å². The largest absolute Gasteiger partial charge is 0.383 e. The van der Waals surface area contributed by atoms with Gasteiger partial charge < -0.3 is 15.0 Å². The molecule has 0 unspecified atom stereocenters. The maximum Gasteiger partial charge on any atom is 0.0589 e. The molecule has 16 heavy (non-hydrogen) atoms. The molecule has 0 aliphatic rings. The molecular weight excluding hydrogens is 200 g/mol. The fraction of sp³-hybridized carbons (Fsp3) is 1.00. The minimum Gasteiger partial charge on any atom is -0.383 e. The lowest BCUT2D eigenvalue weighted by Crippen LogP contribution is -2.46. The molecule has 0 bridgehead atoms. The van der Waals surface area contributed by atoms with E-state index in [9.17, 15) is 0 Å². The minimum atomic E-state index is 0.197. The average molecular weight is 230 g/mol. The third-order valence-electron chi connectivity index (χ3n) is 2.47. The molecule has 0 aromatic rings. The Bertz CT molecular complexity index is 185. The summed E-state index contributed by atoms with van der Waals surface area (Å²) >= 11 is 0. The first kappa shape index (κ1) is 15.9. The number of hydrogen-bond donors (Lipinski definition) is 1. The minimum absolute atomic E-state index is 0.197. The van der Waals surface area contributed by atoms with Gasteiger partial charge in [-0.1, -0.05) is 13.8 Å². The molecule has 0 aromatic heterocycles. The van der Waals surface area contributed by atoms with Gasteiger partial charge in [0, 0.05) is 32.3 Å². The number of nitrogens with one attached hydrogen (secondary N) is 1. The summed E-state index contributed by atoms with van der Waals surface area (Å²) in [6.07, 6.45) is 0. The highest BCUT2D eigenvalue weighted by Gasteiger charge is 2.22. The van der Waals surface area contributed by atoms with Crippen molar-refractivity contribution in [1.29, 1.82) is 0 Å². The zero-order valence-electron chi connectivity index (χ0n) is 12.2. The van der Waals surface area contributed by atoms with Crippen molar-refractivity contribution in [3.8, 4) is 0 Å². The van der Waals surface area contributed by atoms with Crippen LogP contribution in [0.25, 0.3) is 0 Å². The second-order valence-electron chi connectivity index (χ2n) is 6.50. The van der Waals surface area contributed by atoms with Crippen LogP contribution in [-0.2, 0) is 4.74 Å². The van der Waals surface area contributed by atoms with E-state index >= 15 is 0 Å². The predicted octanol–water partition coefficient (Wildman–Crippen LogP) is 1.98. The Hall–Kier alpha value is -0.120. The van der Waals surface area contributed by atoms with E-state index < -0.39 is 0 Å². The predicted molar refractivity (Wildman–Crippen MR) is 70.9 cm³/mol. The van der Waals surface area contributed by atoms with Crippen LogP contribution in [0.4, 0.5) is 0 Å². The van der Waals surface area contributed by atoms with Crippen LogP contribution in [0.5, 0.6) is 0 Å². The number of likely N-dealkylation sites (N-methyl/N-ethyl adjacent to an activating group) is 1. The van der Waals surface area contributed by atoms with Crippen LogP contribution < -0.4 is 5.32 Å². The molecule has 0 radical (unpaired) electrons. The highest BCUT2D eigenvalue weighted by atomic mass is 16.5. The van der Waals surface area contributed by atoms with Crippen molar-refractivity contribution in [2.45, 2.75) is 40.2 Å². The summed E-state index contributed by atoms with van der Waals surface area (Å²) in [7, 11) is 3.90. The second-order valence-corrected chi connectivity index (χ2v) is 6.50. The van der Waals surface area contributed by atoms with Gasteiger partial charge in [-0.3, -0.25) is 0 Å². The summed E-state index contributed by atoms with van der Waals surface area (Å²) in [5.74, 6) is 0. The zero-order chi connectivity index (χ0) is 12.8. The summed E-state index contributed by atoms with van der Waals surface area (Å²) < 4.78 is 5.08. The molecule has 3 heteroatoms. The lowest BCUT2D eigenvalue weighted by Gasteiger charge is -2.33. The molecule has 0 aliphatic carbocycles. The molecule has 1 N–H and O–H groups in total. The van der Waals surface area contributed by atoms with Gasteiger partial charge in [-0.15, -0.1) is 0 Å². The molecule has 0 aromatic carbocycles. The van der Waals surface area contributed by atoms with Crippen molar-refractivity contribution in [2.75, 3.05) is 40.4 Å². The fourth-order valence-electron chi connectivity index (χ4n) is 1.62. The number of methoxy groups -OCH3 is 1. The first-order valence-corrected chi connectivity index (χ1v) is 6.09. The molecule has 98 valence electrons. The van der Waals surface area contributed by atoms with E-state index in [1.165, 1.54) is 0 Å². The van der Waals surface area contributed by atoms with Crippen LogP contribution >= 0.6 is 0 Å². The van der Waals surface area contributed by atoms with Crippen molar-refractivity contribution in [3.63, 3.8) is 0 Å². The van der Waals surface area contributed by atoms with Crippen molar-refractivity contribution >= 4 is 0 Å². The Labute approximate surface area is 102 Å². The Balaban J connectivity index is 3.93. The Kier molecular flexibility index (Phi) is 6.53. The summed E-state index contributed by atoms with van der Waals surface area (Å²) in [6.45, 7) is 15.1. The molecule has 0 fully saturated rings. The van der Waals surface area contributed by atoms with Gasteiger partial charge in [0.15, 0.2) is 0 Å². The van der Waals surface area contributed by atoms with Crippen LogP contribution in [0.3, 0.4) is 0 Å². The summed E-state index contributed by atoms with van der Waals surface area (Å²) in [5.41, 5.74) is 0.484. The van der Waals surface area contributed by atoms with Crippen molar-refractivity contribution in [3.05, 3.63) is 0 Å². The molecule has 0 aliphatic heterocycles. The van der Waals surface area contributed by atoms with E-state index in [1.807, 2.05) is 0 Å². The summed E-state index contributed by atoms with van der Waals surface area (Å²) in [6, 6.07) is 0. The Morgan fingerprint density at radius 3 is 2.12 bits per heavy atom. The van der Waals surface area contributed by atoms with Crippen LogP contribution in [-0.4, -0.2) is 50.8 Å². The van der Waals surface area contributed by atoms with Crippen molar-refractivity contribution in [2.24, 2.45) is 5.41 Å². The van der Waals surface area contributed by atoms with Gasteiger partial charge in [0.1, 0.15) is 0 Å². The lowest BCUT2D eigenvalue weighted by atomic mass is 9.91. The third kappa shape index (κ3) is 9.13. The van der Waals surface area contributed by atoms with Gasteiger partial charge >= 0.3 is 0 Å². The Morgan fingerprint density at radius 2 is 1.69 bits per heavy atom. The lowest BCUT2D eigenvalue weighted by molar-refractivity contribution is 0.132. The molecular formula is C13H30N2O. The number of nitrogens with zero attached hydrogens (tertiary/aromatic N) is 1.